The maximum absolute atomic E-state index is 12.1. The first-order valence-electron chi connectivity index (χ1n) is 8.18. The van der Waals surface area contributed by atoms with Gasteiger partial charge in [0.15, 0.2) is 6.61 Å². The molecule has 0 aliphatic carbocycles. The Morgan fingerprint density at radius 1 is 0.929 bits per heavy atom. The Bertz CT molecular complexity index is 1050. The van der Waals surface area contributed by atoms with E-state index in [1.54, 1.807) is 24.3 Å². The van der Waals surface area contributed by atoms with Crippen LogP contribution >= 0.6 is 11.6 Å². The van der Waals surface area contributed by atoms with Gasteiger partial charge in [0.1, 0.15) is 11.3 Å². The van der Waals surface area contributed by atoms with Gasteiger partial charge < -0.3 is 9.84 Å². The molecule has 0 aliphatic heterocycles. The zero-order valence-electron chi connectivity index (χ0n) is 14.4. The SMILES string of the molecule is O=C(COC(=O)c1ccc2ccccc2c1O)NNC(=O)c1ccc(Cl)cc1. The lowest BCUT2D eigenvalue weighted by atomic mass is 10.1. The predicted octanol–water partition coefficient (Wildman–Crippen LogP) is 2.82. The zero-order valence-corrected chi connectivity index (χ0v) is 15.2. The third-order valence-electron chi connectivity index (χ3n) is 3.88. The van der Waals surface area contributed by atoms with Gasteiger partial charge in [-0.1, -0.05) is 41.9 Å². The number of esters is 1. The summed E-state index contributed by atoms with van der Waals surface area (Å²) in [6.45, 7) is -0.633. The Balaban J connectivity index is 1.54. The molecule has 0 spiro atoms. The normalized spacial score (nSPS) is 10.3. The highest BCUT2D eigenvalue weighted by Gasteiger charge is 2.16. The summed E-state index contributed by atoms with van der Waals surface area (Å²) >= 11 is 5.74. The summed E-state index contributed by atoms with van der Waals surface area (Å²) < 4.78 is 4.89. The van der Waals surface area contributed by atoms with Crippen LogP contribution in [0.5, 0.6) is 5.75 Å². The highest BCUT2D eigenvalue weighted by Crippen LogP contribution is 2.28. The van der Waals surface area contributed by atoms with Crippen molar-refractivity contribution in [3.05, 3.63) is 76.8 Å². The molecule has 0 radical (unpaired) electrons. The highest BCUT2D eigenvalue weighted by atomic mass is 35.5. The van der Waals surface area contributed by atoms with Crippen LogP contribution in [0, 0.1) is 0 Å². The van der Waals surface area contributed by atoms with Crippen LogP contribution < -0.4 is 10.9 Å². The summed E-state index contributed by atoms with van der Waals surface area (Å²) in [4.78, 5) is 35.8. The van der Waals surface area contributed by atoms with E-state index in [1.165, 1.54) is 30.3 Å². The van der Waals surface area contributed by atoms with Crippen LogP contribution in [0.15, 0.2) is 60.7 Å². The van der Waals surface area contributed by atoms with Gasteiger partial charge in [-0.05, 0) is 35.7 Å². The molecule has 0 atom stereocenters. The van der Waals surface area contributed by atoms with E-state index in [1.807, 2.05) is 6.07 Å². The molecule has 0 bridgehead atoms. The Kier molecular flexibility index (Phi) is 5.76. The first-order chi connectivity index (χ1) is 13.5. The molecular formula is C20H15ClN2O5. The maximum atomic E-state index is 12.1. The molecule has 8 heteroatoms. The van der Waals surface area contributed by atoms with Crippen LogP contribution in [-0.2, 0) is 9.53 Å². The largest absolute Gasteiger partial charge is 0.506 e. The summed E-state index contributed by atoms with van der Waals surface area (Å²) in [5.41, 5.74) is 4.57. The van der Waals surface area contributed by atoms with Gasteiger partial charge in [0.2, 0.25) is 0 Å². The number of phenolic OH excluding ortho intramolecular Hbond substituents is 1. The van der Waals surface area contributed by atoms with Gasteiger partial charge in [0, 0.05) is 16.0 Å². The van der Waals surface area contributed by atoms with Gasteiger partial charge in [-0.2, -0.15) is 0 Å². The summed E-state index contributed by atoms with van der Waals surface area (Å²) in [5.74, 6) is -2.37. The summed E-state index contributed by atoms with van der Waals surface area (Å²) in [6, 6.07) is 16.1. The third kappa shape index (κ3) is 4.39. The monoisotopic (exact) mass is 398 g/mol. The average molecular weight is 399 g/mol. The number of aromatic hydroxyl groups is 1. The number of phenols is 1. The fourth-order valence-corrected chi connectivity index (χ4v) is 2.59. The van der Waals surface area contributed by atoms with E-state index in [9.17, 15) is 19.5 Å². The molecule has 142 valence electrons. The summed E-state index contributed by atoms with van der Waals surface area (Å²) in [6.07, 6.45) is 0. The van der Waals surface area contributed by atoms with Gasteiger partial charge in [0.25, 0.3) is 11.8 Å². The number of amides is 2. The smallest absolute Gasteiger partial charge is 0.342 e. The summed E-state index contributed by atoms with van der Waals surface area (Å²) in [5, 5.41) is 12.0. The minimum Gasteiger partial charge on any atom is -0.506 e. The molecule has 0 fully saturated rings. The van der Waals surface area contributed by atoms with Crippen LogP contribution in [-0.4, -0.2) is 29.5 Å². The van der Waals surface area contributed by atoms with Gasteiger partial charge in [-0.3, -0.25) is 20.4 Å². The van der Waals surface area contributed by atoms with E-state index in [0.717, 1.165) is 5.39 Å². The van der Waals surface area contributed by atoms with Crippen molar-refractivity contribution in [3.8, 4) is 5.75 Å². The number of rotatable bonds is 4. The zero-order chi connectivity index (χ0) is 20.1. The van der Waals surface area contributed by atoms with E-state index >= 15 is 0 Å². The second-order valence-electron chi connectivity index (χ2n) is 5.77. The molecule has 3 rings (SSSR count). The van der Waals surface area contributed by atoms with Gasteiger partial charge in [-0.25, -0.2) is 4.79 Å². The number of nitrogens with one attached hydrogen (secondary N) is 2. The third-order valence-corrected chi connectivity index (χ3v) is 4.13. The van der Waals surface area contributed by atoms with Crippen LogP contribution in [0.4, 0.5) is 0 Å². The molecule has 3 aromatic carbocycles. The molecule has 28 heavy (non-hydrogen) atoms. The van der Waals surface area contributed by atoms with Crippen LogP contribution in [0.3, 0.4) is 0 Å². The number of hydrogen-bond donors (Lipinski definition) is 3. The van der Waals surface area contributed by atoms with Gasteiger partial charge in [0.05, 0.1) is 0 Å². The fourth-order valence-electron chi connectivity index (χ4n) is 2.46. The Labute approximate surface area is 164 Å². The molecule has 0 saturated carbocycles. The Morgan fingerprint density at radius 2 is 1.64 bits per heavy atom. The van der Waals surface area contributed by atoms with E-state index in [4.69, 9.17) is 16.3 Å². The maximum Gasteiger partial charge on any atom is 0.342 e. The number of ether oxygens (including phenoxy) is 1. The number of benzene rings is 3. The number of carbonyl (C=O) groups excluding carboxylic acids is 3. The first kappa shape index (κ1) is 19.2. The Morgan fingerprint density at radius 3 is 2.39 bits per heavy atom. The molecule has 2 amide bonds. The molecule has 7 nitrogen and oxygen atoms in total. The standard InChI is InChI=1S/C20H15ClN2O5/c21-14-8-5-13(6-9-14)19(26)23-22-17(24)11-28-20(27)16-10-7-12-3-1-2-4-15(12)18(16)25/h1-10,25H,11H2,(H,22,24)(H,23,26). The van der Waals surface area contributed by atoms with Gasteiger partial charge >= 0.3 is 5.97 Å². The van der Waals surface area contributed by atoms with E-state index < -0.39 is 24.4 Å². The molecule has 0 aromatic heterocycles. The van der Waals surface area contributed by atoms with Crippen molar-refractivity contribution in [1.29, 1.82) is 0 Å². The first-order valence-corrected chi connectivity index (χ1v) is 8.56. The predicted molar refractivity (Wildman–Crippen MR) is 103 cm³/mol. The second kappa shape index (κ2) is 8.41. The van der Waals surface area contributed by atoms with E-state index in [0.29, 0.717) is 16.0 Å². The average Bonchev–Trinajstić information content (AvgIpc) is 2.71. The number of halogens is 1. The number of carbonyl (C=O) groups is 3. The lowest BCUT2D eigenvalue weighted by molar-refractivity contribution is -0.125. The minimum atomic E-state index is -0.859. The quantitative estimate of drug-likeness (QED) is 0.463. The van der Waals surface area contributed by atoms with Gasteiger partial charge in [-0.15, -0.1) is 0 Å². The number of hydrazine groups is 1. The summed E-state index contributed by atoms with van der Waals surface area (Å²) in [7, 11) is 0. The minimum absolute atomic E-state index is 0.0586. The molecule has 0 saturated heterocycles. The molecule has 0 heterocycles. The highest BCUT2D eigenvalue weighted by molar-refractivity contribution is 6.30. The van der Waals surface area contributed by atoms with Crippen LogP contribution in [0.1, 0.15) is 20.7 Å². The second-order valence-corrected chi connectivity index (χ2v) is 6.20. The molecular weight excluding hydrogens is 384 g/mol. The van der Waals surface area contributed by atoms with E-state index in [2.05, 4.69) is 10.9 Å². The van der Waals surface area contributed by atoms with E-state index in [-0.39, 0.29) is 11.3 Å². The number of hydrogen-bond acceptors (Lipinski definition) is 5. The molecule has 0 aliphatic rings. The lowest BCUT2D eigenvalue weighted by Crippen LogP contribution is -2.43. The van der Waals surface area contributed by atoms with Crippen molar-refractivity contribution >= 4 is 40.2 Å². The van der Waals surface area contributed by atoms with Crippen molar-refractivity contribution in [2.45, 2.75) is 0 Å². The molecule has 0 unspecified atom stereocenters. The van der Waals surface area contributed by atoms with Crippen molar-refractivity contribution in [3.63, 3.8) is 0 Å². The van der Waals surface area contributed by atoms with Crippen molar-refractivity contribution < 1.29 is 24.2 Å². The molecule has 3 aromatic rings. The van der Waals surface area contributed by atoms with Crippen LogP contribution in [0.25, 0.3) is 10.8 Å². The van der Waals surface area contributed by atoms with Crippen LogP contribution in [0.2, 0.25) is 5.02 Å². The lowest BCUT2D eigenvalue weighted by Gasteiger charge is -2.10. The topological polar surface area (TPSA) is 105 Å². The molecule has 3 N–H and O–H groups in total. The van der Waals surface area contributed by atoms with Crippen molar-refractivity contribution in [1.82, 2.24) is 10.9 Å². The fraction of sp³-hybridized carbons (Fsp3) is 0.0500. The number of fused-ring (bicyclic) bond motifs is 1. The Hall–Kier alpha value is -3.58. The van der Waals surface area contributed by atoms with Crippen molar-refractivity contribution in [2.75, 3.05) is 6.61 Å². The van der Waals surface area contributed by atoms with Crippen molar-refractivity contribution in [2.24, 2.45) is 0 Å².